The third-order valence-electron chi connectivity index (χ3n) is 10.7. The molecular weight excluding hydrogens is 696 g/mol. The molecule has 0 atom stereocenters. The first kappa shape index (κ1) is 30.6. The summed E-state index contributed by atoms with van der Waals surface area (Å²) in [7, 11) is 0. The molecule has 2 aliphatic rings. The van der Waals surface area contributed by atoms with Crippen LogP contribution in [-0.4, -0.2) is 0 Å². The third kappa shape index (κ3) is 4.63. The van der Waals surface area contributed by atoms with E-state index < -0.39 is 0 Å². The van der Waals surface area contributed by atoms with Crippen molar-refractivity contribution in [3.8, 4) is 22.3 Å². The molecule has 0 amide bonds. The van der Waals surface area contributed by atoms with Gasteiger partial charge >= 0.3 is 0 Å². The average molecular weight is 730 g/mol. The number of hydrogen-bond donors (Lipinski definition) is 0. The zero-order chi connectivity index (χ0) is 34.6. The van der Waals surface area contributed by atoms with Gasteiger partial charge in [0.15, 0.2) is 0 Å². The fourth-order valence-corrected chi connectivity index (χ4v) is 9.14. The molecule has 0 heterocycles. The molecular formula is C49H33BrN2. The van der Waals surface area contributed by atoms with Gasteiger partial charge in [-0.2, -0.15) is 0 Å². The van der Waals surface area contributed by atoms with Gasteiger partial charge in [0.2, 0.25) is 0 Å². The topological polar surface area (TPSA) is 6.48 Å². The van der Waals surface area contributed by atoms with E-state index in [-0.39, 0.29) is 5.41 Å². The molecule has 0 unspecified atom stereocenters. The number of halogens is 1. The Bertz CT molecular complexity index is 2510. The fourth-order valence-electron chi connectivity index (χ4n) is 8.67. The number of para-hydroxylation sites is 3. The van der Waals surface area contributed by atoms with Crippen molar-refractivity contribution in [3.05, 3.63) is 227 Å². The molecule has 3 heteroatoms. The molecule has 1 spiro atoms. The second-order valence-corrected chi connectivity index (χ2v) is 14.4. The van der Waals surface area contributed by atoms with Crippen molar-refractivity contribution in [2.24, 2.45) is 0 Å². The van der Waals surface area contributed by atoms with Gasteiger partial charge in [0.25, 0.3) is 0 Å². The van der Waals surface area contributed by atoms with Crippen LogP contribution in [0.1, 0.15) is 22.3 Å². The Morgan fingerprint density at radius 3 is 1.12 bits per heavy atom. The number of rotatable bonds is 6. The molecule has 8 aromatic rings. The van der Waals surface area contributed by atoms with E-state index in [4.69, 9.17) is 0 Å². The number of anilines is 6. The molecule has 0 aromatic heterocycles. The summed E-state index contributed by atoms with van der Waals surface area (Å²) in [6, 6.07) is 72.7. The molecule has 52 heavy (non-hydrogen) atoms. The maximum Gasteiger partial charge on any atom is 0.0725 e. The van der Waals surface area contributed by atoms with Crippen LogP contribution >= 0.6 is 15.9 Å². The lowest BCUT2D eigenvalue weighted by atomic mass is 9.70. The van der Waals surface area contributed by atoms with Gasteiger partial charge in [0.1, 0.15) is 0 Å². The smallest absolute Gasteiger partial charge is 0.0725 e. The summed E-state index contributed by atoms with van der Waals surface area (Å²) >= 11 is 3.93. The van der Waals surface area contributed by atoms with Crippen molar-refractivity contribution in [1.29, 1.82) is 0 Å². The second-order valence-electron chi connectivity index (χ2n) is 13.5. The van der Waals surface area contributed by atoms with Gasteiger partial charge in [-0.3, -0.25) is 0 Å². The summed E-state index contributed by atoms with van der Waals surface area (Å²) in [6.45, 7) is 0. The normalized spacial score (nSPS) is 12.9. The fraction of sp³-hybridized carbons (Fsp3) is 0.0204. The van der Waals surface area contributed by atoms with E-state index in [0.29, 0.717) is 0 Å². The lowest BCUT2D eigenvalue weighted by Gasteiger charge is -2.31. The van der Waals surface area contributed by atoms with Crippen LogP contribution in [0.5, 0.6) is 0 Å². The van der Waals surface area contributed by atoms with Crippen LogP contribution in [0, 0.1) is 0 Å². The van der Waals surface area contributed by atoms with Crippen molar-refractivity contribution in [1.82, 2.24) is 0 Å². The summed E-state index contributed by atoms with van der Waals surface area (Å²) in [4.78, 5) is 4.70. The van der Waals surface area contributed by atoms with E-state index in [2.05, 4.69) is 226 Å². The summed E-state index contributed by atoms with van der Waals surface area (Å²) in [5.41, 5.74) is 16.7. The zero-order valence-electron chi connectivity index (χ0n) is 28.3. The van der Waals surface area contributed by atoms with Gasteiger partial charge in [0.05, 0.1) is 5.41 Å². The number of benzene rings is 8. The van der Waals surface area contributed by atoms with E-state index >= 15 is 0 Å². The van der Waals surface area contributed by atoms with Gasteiger partial charge < -0.3 is 9.80 Å². The van der Waals surface area contributed by atoms with Crippen LogP contribution in [0.3, 0.4) is 0 Å². The van der Waals surface area contributed by atoms with E-state index in [9.17, 15) is 0 Å². The Kier molecular flexibility index (Phi) is 7.23. The number of nitrogens with zero attached hydrogens (tertiary/aromatic N) is 2. The Labute approximate surface area is 313 Å². The van der Waals surface area contributed by atoms with Crippen LogP contribution in [-0.2, 0) is 5.41 Å². The van der Waals surface area contributed by atoms with Crippen molar-refractivity contribution >= 4 is 50.1 Å². The molecule has 0 bridgehead atoms. The molecule has 10 rings (SSSR count). The van der Waals surface area contributed by atoms with E-state index in [1.54, 1.807) is 0 Å². The van der Waals surface area contributed by atoms with Crippen LogP contribution in [0.2, 0.25) is 0 Å². The predicted octanol–water partition coefficient (Wildman–Crippen LogP) is 13.7. The van der Waals surface area contributed by atoms with E-state index in [1.807, 2.05) is 0 Å². The Morgan fingerprint density at radius 1 is 0.288 bits per heavy atom. The maximum atomic E-state index is 3.93. The summed E-state index contributed by atoms with van der Waals surface area (Å²) in [5.74, 6) is 0. The number of fused-ring (bicyclic) bond motifs is 10. The quantitative estimate of drug-likeness (QED) is 0.168. The molecule has 0 saturated heterocycles. The molecule has 0 radical (unpaired) electrons. The van der Waals surface area contributed by atoms with Crippen molar-refractivity contribution in [2.45, 2.75) is 5.41 Å². The average Bonchev–Trinajstić information content (AvgIpc) is 3.66. The third-order valence-corrected chi connectivity index (χ3v) is 11.1. The standard InChI is InChI=1S/C49H33BrN2/c50-34-30-39(51(35-16-4-1-5-17-35)36-18-6-2-7-19-36)32-40(31-34)52(37-20-8-3-9-21-37)38-28-29-48-44(33-38)43-24-12-15-27-47(43)49(48)45-25-13-10-22-41(45)42-23-11-14-26-46(42)49/h1-33H. The molecule has 0 N–H and O–H groups in total. The highest BCUT2D eigenvalue weighted by atomic mass is 79.9. The largest absolute Gasteiger partial charge is 0.310 e. The molecule has 0 fully saturated rings. The minimum Gasteiger partial charge on any atom is -0.310 e. The highest BCUT2D eigenvalue weighted by Crippen LogP contribution is 2.63. The Morgan fingerprint density at radius 2 is 0.654 bits per heavy atom. The molecule has 246 valence electrons. The minimum absolute atomic E-state index is 0.371. The lowest BCUT2D eigenvalue weighted by Crippen LogP contribution is -2.25. The van der Waals surface area contributed by atoms with Gasteiger partial charge in [-0.15, -0.1) is 0 Å². The molecule has 2 aliphatic carbocycles. The van der Waals surface area contributed by atoms with Gasteiger partial charge in [-0.05, 0) is 111 Å². The van der Waals surface area contributed by atoms with Crippen molar-refractivity contribution < 1.29 is 0 Å². The first-order chi connectivity index (χ1) is 25.7. The predicted molar refractivity (Wildman–Crippen MR) is 220 cm³/mol. The Balaban J connectivity index is 1.19. The van der Waals surface area contributed by atoms with Crippen LogP contribution in [0.25, 0.3) is 22.3 Å². The van der Waals surface area contributed by atoms with Crippen LogP contribution in [0.4, 0.5) is 34.1 Å². The van der Waals surface area contributed by atoms with Crippen molar-refractivity contribution in [3.63, 3.8) is 0 Å². The zero-order valence-corrected chi connectivity index (χ0v) is 29.9. The first-order valence-electron chi connectivity index (χ1n) is 17.7. The van der Waals surface area contributed by atoms with Crippen LogP contribution in [0.15, 0.2) is 205 Å². The SMILES string of the molecule is Brc1cc(N(c2ccccc2)c2ccccc2)cc(N(c2ccccc2)c2ccc3c(c2)-c2ccccc2C32c3ccccc3-c3ccccc32)c1. The Hall–Kier alpha value is -6.16. The minimum atomic E-state index is -0.371. The summed E-state index contributed by atoms with van der Waals surface area (Å²) < 4.78 is 1.00. The second kappa shape index (κ2) is 12.3. The first-order valence-corrected chi connectivity index (χ1v) is 18.5. The van der Waals surface area contributed by atoms with E-state index in [0.717, 1.165) is 38.6 Å². The molecule has 8 aromatic carbocycles. The number of hydrogen-bond acceptors (Lipinski definition) is 2. The summed E-state index contributed by atoms with van der Waals surface area (Å²) in [6.07, 6.45) is 0. The molecule has 0 aliphatic heterocycles. The van der Waals surface area contributed by atoms with Gasteiger partial charge in [0, 0.05) is 38.6 Å². The van der Waals surface area contributed by atoms with Gasteiger partial charge in [-0.1, -0.05) is 149 Å². The van der Waals surface area contributed by atoms with Gasteiger partial charge in [-0.25, -0.2) is 0 Å². The van der Waals surface area contributed by atoms with Crippen LogP contribution < -0.4 is 9.80 Å². The van der Waals surface area contributed by atoms with E-state index in [1.165, 1.54) is 44.5 Å². The van der Waals surface area contributed by atoms with Crippen molar-refractivity contribution in [2.75, 3.05) is 9.80 Å². The highest BCUT2D eigenvalue weighted by molar-refractivity contribution is 9.10. The summed E-state index contributed by atoms with van der Waals surface area (Å²) in [5, 5.41) is 0. The molecule has 0 saturated carbocycles. The monoisotopic (exact) mass is 728 g/mol. The highest BCUT2D eigenvalue weighted by Gasteiger charge is 2.51. The lowest BCUT2D eigenvalue weighted by molar-refractivity contribution is 0.794. The molecule has 2 nitrogen and oxygen atoms in total. The maximum absolute atomic E-state index is 3.93.